The molecule has 0 N–H and O–H groups in total. The SMILES string of the molecule is O=S(Cl)N1CCCCC1. The number of nitrogens with zero attached hydrogens (tertiary/aromatic N) is 1. The van der Waals surface area contributed by atoms with E-state index < -0.39 is 10.2 Å². The molecule has 0 aromatic heterocycles. The summed E-state index contributed by atoms with van der Waals surface area (Å²) in [5.74, 6) is 0. The van der Waals surface area contributed by atoms with E-state index in [0.717, 1.165) is 25.9 Å². The zero-order valence-corrected chi connectivity index (χ0v) is 6.75. The molecule has 9 heavy (non-hydrogen) atoms. The fourth-order valence-electron chi connectivity index (χ4n) is 1.01. The van der Waals surface area contributed by atoms with Gasteiger partial charge in [-0.3, -0.25) is 0 Å². The average molecular weight is 168 g/mol. The first-order chi connectivity index (χ1) is 4.30. The van der Waals surface area contributed by atoms with Gasteiger partial charge in [0, 0.05) is 23.8 Å². The Morgan fingerprint density at radius 1 is 1.22 bits per heavy atom. The summed E-state index contributed by atoms with van der Waals surface area (Å²) >= 11 is 0. The summed E-state index contributed by atoms with van der Waals surface area (Å²) in [5.41, 5.74) is 0. The van der Waals surface area contributed by atoms with E-state index in [2.05, 4.69) is 0 Å². The lowest BCUT2D eigenvalue weighted by Gasteiger charge is -2.21. The molecule has 0 spiro atoms. The number of hydrogen-bond acceptors (Lipinski definition) is 1. The van der Waals surface area contributed by atoms with Crippen LogP contribution >= 0.6 is 10.7 Å². The van der Waals surface area contributed by atoms with Crippen LogP contribution in [0.1, 0.15) is 19.3 Å². The summed E-state index contributed by atoms with van der Waals surface area (Å²) in [7, 11) is 4.11. The van der Waals surface area contributed by atoms with Crippen molar-refractivity contribution in [2.45, 2.75) is 19.3 Å². The molecule has 0 aromatic carbocycles. The Hall–Kier alpha value is 0.400. The van der Waals surface area contributed by atoms with Crippen molar-refractivity contribution in [3.63, 3.8) is 0 Å². The highest BCUT2D eigenvalue weighted by atomic mass is 35.7. The Kier molecular flexibility index (Phi) is 2.95. The molecule has 1 unspecified atom stereocenters. The predicted octanol–water partition coefficient (Wildman–Crippen LogP) is 1.29. The summed E-state index contributed by atoms with van der Waals surface area (Å²) in [6.07, 6.45) is 3.53. The van der Waals surface area contributed by atoms with Gasteiger partial charge < -0.3 is 0 Å². The topological polar surface area (TPSA) is 20.3 Å². The molecule has 0 amide bonds. The molecule has 0 radical (unpaired) electrons. The first-order valence-corrected chi connectivity index (χ1v) is 5.07. The van der Waals surface area contributed by atoms with Crippen LogP contribution in [0.4, 0.5) is 0 Å². The van der Waals surface area contributed by atoms with Crippen molar-refractivity contribution in [2.24, 2.45) is 0 Å². The van der Waals surface area contributed by atoms with Crippen LogP contribution in [-0.2, 0) is 10.2 Å². The summed E-state index contributed by atoms with van der Waals surface area (Å²) in [4.78, 5) is 0. The highest BCUT2D eigenvalue weighted by Crippen LogP contribution is 2.11. The third-order valence-electron chi connectivity index (χ3n) is 1.52. The van der Waals surface area contributed by atoms with E-state index in [4.69, 9.17) is 10.7 Å². The van der Waals surface area contributed by atoms with Crippen LogP contribution in [0.25, 0.3) is 0 Å². The standard InChI is InChI=1S/C5H10ClNOS/c6-9(8)7-4-2-1-3-5-7/h1-5H2. The van der Waals surface area contributed by atoms with E-state index in [1.54, 1.807) is 4.31 Å². The second-order valence-electron chi connectivity index (χ2n) is 2.20. The van der Waals surface area contributed by atoms with Crippen molar-refractivity contribution >= 4 is 20.9 Å². The van der Waals surface area contributed by atoms with Gasteiger partial charge in [0.05, 0.1) is 0 Å². The molecule has 1 aliphatic heterocycles. The van der Waals surface area contributed by atoms with Gasteiger partial charge in [0.25, 0.3) is 0 Å². The molecule has 1 fully saturated rings. The molecule has 0 aliphatic carbocycles. The van der Waals surface area contributed by atoms with E-state index in [9.17, 15) is 4.21 Å². The molecule has 0 aromatic rings. The molecule has 2 nitrogen and oxygen atoms in total. The van der Waals surface area contributed by atoms with E-state index in [1.165, 1.54) is 6.42 Å². The van der Waals surface area contributed by atoms with E-state index in [0.29, 0.717) is 0 Å². The lowest BCUT2D eigenvalue weighted by molar-refractivity contribution is 0.370. The smallest absolute Gasteiger partial charge is 0.192 e. The van der Waals surface area contributed by atoms with E-state index >= 15 is 0 Å². The molecule has 1 atom stereocenters. The lowest BCUT2D eigenvalue weighted by atomic mass is 10.2. The third kappa shape index (κ3) is 2.24. The summed E-state index contributed by atoms with van der Waals surface area (Å²) in [6.45, 7) is 1.80. The van der Waals surface area contributed by atoms with Crippen molar-refractivity contribution in [1.29, 1.82) is 0 Å². The summed E-state index contributed by atoms with van der Waals surface area (Å²) < 4.78 is 12.4. The number of rotatable bonds is 1. The quantitative estimate of drug-likeness (QED) is 0.539. The maximum atomic E-state index is 10.6. The minimum absolute atomic E-state index is 0.899. The second-order valence-corrected chi connectivity index (χ2v) is 3.92. The van der Waals surface area contributed by atoms with Gasteiger partial charge in [-0.25, -0.2) is 8.51 Å². The van der Waals surface area contributed by atoms with Crippen LogP contribution in [0, 0.1) is 0 Å². The van der Waals surface area contributed by atoms with Gasteiger partial charge in [-0.05, 0) is 12.8 Å². The van der Waals surface area contributed by atoms with Gasteiger partial charge in [0.2, 0.25) is 0 Å². The van der Waals surface area contributed by atoms with Crippen LogP contribution in [-0.4, -0.2) is 21.6 Å². The molecular weight excluding hydrogens is 158 g/mol. The van der Waals surface area contributed by atoms with Gasteiger partial charge >= 0.3 is 0 Å². The lowest BCUT2D eigenvalue weighted by Crippen LogP contribution is -2.28. The molecule has 1 aliphatic rings. The van der Waals surface area contributed by atoms with Gasteiger partial charge in [-0.2, -0.15) is 0 Å². The Labute approximate surface area is 62.3 Å². The molecule has 0 bridgehead atoms. The van der Waals surface area contributed by atoms with Crippen LogP contribution in [0.3, 0.4) is 0 Å². The molecule has 0 saturated carbocycles. The molecule has 1 heterocycles. The minimum Gasteiger partial charge on any atom is -0.225 e. The highest BCUT2D eigenvalue weighted by molar-refractivity contribution is 8.06. The monoisotopic (exact) mass is 167 g/mol. The molecule has 1 saturated heterocycles. The van der Waals surface area contributed by atoms with Crippen molar-refractivity contribution in [3.8, 4) is 0 Å². The number of piperidine rings is 1. The average Bonchev–Trinajstić information content (AvgIpc) is 1.90. The van der Waals surface area contributed by atoms with E-state index in [-0.39, 0.29) is 0 Å². The summed E-state index contributed by atoms with van der Waals surface area (Å²) in [5, 5.41) is 0. The van der Waals surface area contributed by atoms with Gasteiger partial charge in [-0.15, -0.1) is 0 Å². The molecule has 1 rings (SSSR count). The van der Waals surface area contributed by atoms with Crippen molar-refractivity contribution in [3.05, 3.63) is 0 Å². The highest BCUT2D eigenvalue weighted by Gasteiger charge is 2.13. The number of halogens is 1. The summed E-state index contributed by atoms with van der Waals surface area (Å²) in [6, 6.07) is 0. The Bertz CT molecular complexity index is 114. The largest absolute Gasteiger partial charge is 0.225 e. The van der Waals surface area contributed by atoms with E-state index in [1.807, 2.05) is 0 Å². The second kappa shape index (κ2) is 3.54. The number of hydrogen-bond donors (Lipinski definition) is 0. The van der Waals surface area contributed by atoms with Crippen LogP contribution in [0.15, 0.2) is 0 Å². The predicted molar refractivity (Wildman–Crippen MR) is 39.4 cm³/mol. The normalized spacial score (nSPS) is 25.9. The fourth-order valence-corrected chi connectivity index (χ4v) is 1.97. The molecule has 4 heteroatoms. The van der Waals surface area contributed by atoms with Gasteiger partial charge in [0.1, 0.15) is 0 Å². The fraction of sp³-hybridized carbons (Fsp3) is 1.00. The molecule has 54 valence electrons. The van der Waals surface area contributed by atoms with Gasteiger partial charge in [0.15, 0.2) is 10.2 Å². The zero-order valence-electron chi connectivity index (χ0n) is 5.18. The maximum absolute atomic E-state index is 10.6. The van der Waals surface area contributed by atoms with Crippen LogP contribution in [0.2, 0.25) is 0 Å². The first-order valence-electron chi connectivity index (χ1n) is 3.14. The minimum atomic E-state index is -1.25. The first kappa shape index (κ1) is 7.51. The van der Waals surface area contributed by atoms with Crippen molar-refractivity contribution in [2.75, 3.05) is 13.1 Å². The Morgan fingerprint density at radius 3 is 2.11 bits per heavy atom. The van der Waals surface area contributed by atoms with Crippen LogP contribution < -0.4 is 0 Å². The van der Waals surface area contributed by atoms with Crippen LogP contribution in [0.5, 0.6) is 0 Å². The van der Waals surface area contributed by atoms with Crippen molar-refractivity contribution < 1.29 is 4.21 Å². The zero-order chi connectivity index (χ0) is 6.69. The molecular formula is C5H10ClNOS. The Balaban J connectivity index is 2.31. The van der Waals surface area contributed by atoms with Crippen molar-refractivity contribution in [1.82, 2.24) is 4.31 Å². The maximum Gasteiger partial charge on any atom is 0.192 e. The third-order valence-corrected chi connectivity index (χ3v) is 2.87. The Morgan fingerprint density at radius 2 is 1.78 bits per heavy atom. The van der Waals surface area contributed by atoms with Gasteiger partial charge in [-0.1, -0.05) is 6.42 Å².